The maximum atomic E-state index is 13.8. The van der Waals surface area contributed by atoms with Crippen molar-refractivity contribution in [2.75, 3.05) is 5.32 Å². The van der Waals surface area contributed by atoms with Crippen LogP contribution in [0.4, 0.5) is 23.7 Å². The Morgan fingerprint density at radius 3 is 2.29 bits per heavy atom. The van der Waals surface area contributed by atoms with Crippen molar-refractivity contribution in [2.24, 2.45) is 5.92 Å². The SMILES string of the molecule is Cc1cc(C)n(-c2ccc(CNC(=O)C(NC(=O)Nc3ccccc3)C(C)C)c(C(F)(F)F)c2)n1. The number of amides is 3. The summed E-state index contributed by atoms with van der Waals surface area (Å²) < 4.78 is 42.9. The van der Waals surface area contributed by atoms with Crippen molar-refractivity contribution < 1.29 is 22.8 Å². The van der Waals surface area contributed by atoms with E-state index in [1.54, 1.807) is 64.1 Å². The molecular formula is C25H28F3N5O2. The number of carbonyl (C=O) groups is 2. The van der Waals surface area contributed by atoms with E-state index in [1.807, 2.05) is 0 Å². The van der Waals surface area contributed by atoms with Crippen LogP contribution in [0.25, 0.3) is 5.69 Å². The molecule has 1 atom stereocenters. The van der Waals surface area contributed by atoms with E-state index in [0.717, 1.165) is 6.07 Å². The number of rotatable bonds is 7. The van der Waals surface area contributed by atoms with Crippen LogP contribution in [0.3, 0.4) is 0 Å². The number of carbonyl (C=O) groups excluding carboxylic acids is 2. The van der Waals surface area contributed by atoms with E-state index in [1.165, 1.54) is 16.8 Å². The van der Waals surface area contributed by atoms with Gasteiger partial charge in [-0.15, -0.1) is 0 Å². The molecule has 1 heterocycles. The standard InChI is InChI=1S/C25H28F3N5O2/c1-15(2)22(31-24(35)30-19-8-6-5-7-9-19)23(34)29-14-18-10-11-20(13-21(18)25(26,27)28)33-17(4)12-16(3)32-33/h5-13,15,22H,14H2,1-4H3,(H,29,34)(H2,30,31,35). The van der Waals surface area contributed by atoms with E-state index in [-0.39, 0.29) is 23.7 Å². The average molecular weight is 488 g/mol. The Labute approximate surface area is 201 Å². The van der Waals surface area contributed by atoms with E-state index in [9.17, 15) is 22.8 Å². The molecule has 3 amide bonds. The van der Waals surface area contributed by atoms with Gasteiger partial charge < -0.3 is 16.0 Å². The highest BCUT2D eigenvalue weighted by Gasteiger charge is 2.34. The summed E-state index contributed by atoms with van der Waals surface area (Å²) in [5.41, 5.74) is 1.26. The van der Waals surface area contributed by atoms with E-state index in [4.69, 9.17) is 0 Å². The normalized spacial score (nSPS) is 12.3. The van der Waals surface area contributed by atoms with Crippen molar-refractivity contribution in [3.63, 3.8) is 0 Å². The van der Waals surface area contributed by atoms with Crippen molar-refractivity contribution >= 4 is 17.6 Å². The lowest BCUT2D eigenvalue weighted by atomic mass is 10.0. The molecule has 0 aliphatic rings. The quantitative estimate of drug-likeness (QED) is 0.440. The molecule has 0 spiro atoms. The summed E-state index contributed by atoms with van der Waals surface area (Å²) in [6.07, 6.45) is -4.63. The number of nitrogens with one attached hydrogen (secondary N) is 3. The van der Waals surface area contributed by atoms with Gasteiger partial charge in [-0.05, 0) is 55.7 Å². The van der Waals surface area contributed by atoms with Crippen LogP contribution in [-0.4, -0.2) is 27.8 Å². The molecular weight excluding hydrogens is 459 g/mol. The Bertz CT molecular complexity index is 1190. The predicted octanol–water partition coefficient (Wildman–Crippen LogP) is 4.97. The molecule has 0 aliphatic carbocycles. The number of alkyl halides is 3. The molecule has 0 bridgehead atoms. The van der Waals surface area contributed by atoms with Gasteiger partial charge in [-0.3, -0.25) is 4.79 Å². The summed E-state index contributed by atoms with van der Waals surface area (Å²) in [5, 5.41) is 12.0. The average Bonchev–Trinajstić information content (AvgIpc) is 3.13. The molecule has 0 aliphatic heterocycles. The van der Waals surface area contributed by atoms with Crippen LogP contribution < -0.4 is 16.0 Å². The van der Waals surface area contributed by atoms with Crippen LogP contribution in [0.2, 0.25) is 0 Å². The van der Waals surface area contributed by atoms with Crippen LogP contribution in [0.1, 0.15) is 36.4 Å². The van der Waals surface area contributed by atoms with Gasteiger partial charge in [0, 0.05) is 17.9 Å². The summed E-state index contributed by atoms with van der Waals surface area (Å²) in [6, 6.07) is 12.8. The number of aryl methyl sites for hydroxylation is 2. The maximum absolute atomic E-state index is 13.8. The van der Waals surface area contributed by atoms with Gasteiger partial charge in [0.1, 0.15) is 6.04 Å². The Morgan fingerprint density at radius 1 is 1.03 bits per heavy atom. The van der Waals surface area contributed by atoms with Gasteiger partial charge in [0.2, 0.25) is 5.91 Å². The van der Waals surface area contributed by atoms with Gasteiger partial charge in [0.25, 0.3) is 0 Å². The number of urea groups is 1. The Kier molecular flexibility index (Phi) is 7.83. The monoisotopic (exact) mass is 487 g/mol. The second kappa shape index (κ2) is 10.6. The summed E-state index contributed by atoms with van der Waals surface area (Å²) >= 11 is 0. The van der Waals surface area contributed by atoms with Gasteiger partial charge in [-0.25, -0.2) is 9.48 Å². The number of anilines is 1. The molecule has 0 saturated heterocycles. The summed E-state index contributed by atoms with van der Waals surface area (Å²) in [4.78, 5) is 25.1. The minimum Gasteiger partial charge on any atom is -0.350 e. The Balaban J connectivity index is 1.74. The number of benzene rings is 2. The molecule has 7 nitrogen and oxygen atoms in total. The Hall–Kier alpha value is -3.82. The first-order valence-electron chi connectivity index (χ1n) is 11.1. The third-order valence-corrected chi connectivity index (χ3v) is 5.37. The third-order valence-electron chi connectivity index (χ3n) is 5.37. The van der Waals surface area contributed by atoms with Crippen LogP contribution >= 0.6 is 0 Å². The predicted molar refractivity (Wildman–Crippen MR) is 127 cm³/mol. The highest BCUT2D eigenvalue weighted by atomic mass is 19.4. The van der Waals surface area contributed by atoms with E-state index in [0.29, 0.717) is 17.1 Å². The largest absolute Gasteiger partial charge is 0.416 e. The highest BCUT2D eigenvalue weighted by molar-refractivity contribution is 5.93. The van der Waals surface area contributed by atoms with Crippen LogP contribution in [-0.2, 0) is 17.5 Å². The molecule has 0 radical (unpaired) electrons. The zero-order valence-corrected chi connectivity index (χ0v) is 19.9. The molecule has 1 unspecified atom stereocenters. The molecule has 0 fully saturated rings. The number of hydrogen-bond acceptors (Lipinski definition) is 3. The zero-order valence-electron chi connectivity index (χ0n) is 19.9. The minimum absolute atomic E-state index is 0.0904. The molecule has 1 aromatic heterocycles. The summed E-state index contributed by atoms with van der Waals surface area (Å²) in [7, 11) is 0. The number of hydrogen-bond donors (Lipinski definition) is 3. The fourth-order valence-electron chi connectivity index (χ4n) is 3.66. The van der Waals surface area contributed by atoms with E-state index < -0.39 is 29.7 Å². The van der Waals surface area contributed by atoms with Crippen molar-refractivity contribution in [3.8, 4) is 5.69 Å². The van der Waals surface area contributed by atoms with Gasteiger partial charge in [0.05, 0.1) is 16.9 Å². The summed E-state index contributed by atoms with van der Waals surface area (Å²) in [6.45, 7) is 6.64. The van der Waals surface area contributed by atoms with Crippen molar-refractivity contribution in [3.05, 3.63) is 77.1 Å². The molecule has 0 saturated carbocycles. The van der Waals surface area contributed by atoms with Crippen LogP contribution in [0.5, 0.6) is 0 Å². The fraction of sp³-hybridized carbons (Fsp3) is 0.320. The highest BCUT2D eigenvalue weighted by Crippen LogP contribution is 2.33. The number of para-hydroxylation sites is 1. The lowest BCUT2D eigenvalue weighted by Crippen LogP contribution is -2.50. The fourth-order valence-corrected chi connectivity index (χ4v) is 3.66. The smallest absolute Gasteiger partial charge is 0.350 e. The summed E-state index contributed by atoms with van der Waals surface area (Å²) in [5.74, 6) is -0.883. The number of aromatic nitrogens is 2. The molecule has 2 aromatic carbocycles. The first kappa shape index (κ1) is 25.8. The number of halogens is 3. The molecule has 3 N–H and O–H groups in total. The van der Waals surface area contributed by atoms with Crippen molar-refractivity contribution in [1.29, 1.82) is 0 Å². The second-order valence-electron chi connectivity index (χ2n) is 8.58. The van der Waals surface area contributed by atoms with Crippen LogP contribution in [0, 0.1) is 19.8 Å². The topological polar surface area (TPSA) is 88.0 Å². The van der Waals surface area contributed by atoms with Crippen molar-refractivity contribution in [2.45, 2.75) is 46.5 Å². The second-order valence-corrected chi connectivity index (χ2v) is 8.58. The molecule has 10 heteroatoms. The zero-order chi connectivity index (χ0) is 25.8. The molecule has 3 aromatic rings. The first-order valence-corrected chi connectivity index (χ1v) is 11.1. The van der Waals surface area contributed by atoms with Crippen LogP contribution in [0.15, 0.2) is 54.6 Å². The first-order chi connectivity index (χ1) is 16.5. The van der Waals surface area contributed by atoms with Gasteiger partial charge >= 0.3 is 12.2 Å². The molecule has 3 rings (SSSR count). The van der Waals surface area contributed by atoms with Gasteiger partial charge in [-0.2, -0.15) is 18.3 Å². The lowest BCUT2D eigenvalue weighted by Gasteiger charge is -2.22. The molecule has 186 valence electrons. The van der Waals surface area contributed by atoms with E-state index >= 15 is 0 Å². The Morgan fingerprint density at radius 2 is 1.71 bits per heavy atom. The third kappa shape index (κ3) is 6.62. The minimum atomic E-state index is -4.63. The van der Waals surface area contributed by atoms with Gasteiger partial charge in [0.15, 0.2) is 0 Å². The van der Waals surface area contributed by atoms with Gasteiger partial charge in [-0.1, -0.05) is 38.1 Å². The van der Waals surface area contributed by atoms with E-state index in [2.05, 4.69) is 21.0 Å². The maximum Gasteiger partial charge on any atom is 0.416 e. The molecule has 35 heavy (non-hydrogen) atoms. The number of nitrogens with zero attached hydrogens (tertiary/aromatic N) is 2. The lowest BCUT2D eigenvalue weighted by molar-refractivity contribution is -0.138. The van der Waals surface area contributed by atoms with Crippen molar-refractivity contribution in [1.82, 2.24) is 20.4 Å².